The number of anilines is 1. The molecule has 0 heterocycles. The Morgan fingerprint density at radius 1 is 1.50 bits per heavy atom. The monoisotopic (exact) mass is 226 g/mol. The molecule has 0 spiro atoms. The number of nitrogens with two attached hydrogens (primary N) is 2. The van der Waals surface area contributed by atoms with Crippen molar-refractivity contribution in [2.24, 2.45) is 5.73 Å². The van der Waals surface area contributed by atoms with Crippen LogP contribution in [-0.2, 0) is 4.79 Å². The maximum atomic E-state index is 9.38. The van der Waals surface area contributed by atoms with Crippen LogP contribution in [0.15, 0.2) is 12.1 Å². The molecule has 0 aliphatic heterocycles. The van der Waals surface area contributed by atoms with Crippen LogP contribution in [0.3, 0.4) is 0 Å². The maximum Gasteiger partial charge on any atom is 0.204 e. The number of phenolic OH excluding ortho intramolecular Hbond substituents is 1. The molecule has 90 valence electrons. The number of rotatable bonds is 3. The van der Waals surface area contributed by atoms with E-state index < -0.39 is 0 Å². The topological polar surface area (TPSA) is 98.6 Å². The molecule has 0 saturated heterocycles. The summed E-state index contributed by atoms with van der Waals surface area (Å²) in [4.78, 5) is 8.58. The van der Waals surface area contributed by atoms with Crippen molar-refractivity contribution < 1.29 is 14.6 Å². The number of ether oxygens (including phenoxy) is 1. The molecule has 5 nitrogen and oxygen atoms in total. The van der Waals surface area contributed by atoms with Crippen LogP contribution in [-0.4, -0.2) is 18.1 Å². The largest absolute Gasteiger partial charge is 0.506 e. The van der Waals surface area contributed by atoms with Gasteiger partial charge in [0.1, 0.15) is 11.5 Å². The summed E-state index contributed by atoms with van der Waals surface area (Å²) in [6, 6.07) is 3.36. The summed E-state index contributed by atoms with van der Waals surface area (Å²) >= 11 is 0. The Balaban J connectivity index is 0.000000673. The van der Waals surface area contributed by atoms with Crippen molar-refractivity contribution in [3.63, 3.8) is 0 Å². The third kappa shape index (κ3) is 4.54. The highest BCUT2D eigenvalue weighted by Crippen LogP contribution is 2.29. The first-order valence-electron chi connectivity index (χ1n) is 4.94. The molecule has 0 unspecified atom stereocenters. The zero-order chi connectivity index (χ0) is 12.6. The molecule has 0 aliphatic rings. The number of phenols is 1. The first-order valence-corrected chi connectivity index (χ1v) is 4.94. The Kier molecular flexibility index (Phi) is 6.51. The number of carbonyl (C=O) groups is 1. The number of hydrogen-bond acceptors (Lipinski definition) is 4. The van der Waals surface area contributed by atoms with Gasteiger partial charge in [0.25, 0.3) is 0 Å². The lowest BCUT2D eigenvalue weighted by Crippen LogP contribution is -1.97. The number of nitrogen functional groups attached to an aromatic ring is 1. The lowest BCUT2D eigenvalue weighted by Gasteiger charge is -2.08. The molecule has 1 aromatic rings. The van der Waals surface area contributed by atoms with Gasteiger partial charge in [-0.1, -0.05) is 6.92 Å². The second-order valence-corrected chi connectivity index (χ2v) is 3.16. The Morgan fingerprint density at radius 2 is 2.06 bits per heavy atom. The summed E-state index contributed by atoms with van der Waals surface area (Å²) in [5.41, 5.74) is 11.0. The second kappa shape index (κ2) is 7.39. The number of hydrogen-bond donors (Lipinski definition) is 3. The van der Waals surface area contributed by atoms with Gasteiger partial charge in [0.15, 0.2) is 0 Å². The van der Waals surface area contributed by atoms with Crippen LogP contribution in [0, 0.1) is 6.92 Å². The van der Waals surface area contributed by atoms with Gasteiger partial charge in [0, 0.05) is 6.07 Å². The van der Waals surface area contributed by atoms with Crippen LogP contribution in [0.4, 0.5) is 5.69 Å². The Bertz CT molecular complexity index is 317. The van der Waals surface area contributed by atoms with Crippen LogP contribution < -0.4 is 16.2 Å². The van der Waals surface area contributed by atoms with E-state index in [1.807, 2.05) is 19.9 Å². The first kappa shape index (κ1) is 14.1. The third-order valence-electron chi connectivity index (χ3n) is 1.81. The molecule has 0 aliphatic carbocycles. The quantitative estimate of drug-likeness (QED) is 0.409. The van der Waals surface area contributed by atoms with Gasteiger partial charge in [-0.3, -0.25) is 4.79 Å². The molecular formula is C11H18N2O3. The van der Waals surface area contributed by atoms with E-state index in [4.69, 9.17) is 15.3 Å². The molecule has 5 N–H and O–H groups in total. The fourth-order valence-corrected chi connectivity index (χ4v) is 1.05. The number of primary amides is 1. The highest BCUT2D eigenvalue weighted by Gasteiger charge is 2.03. The van der Waals surface area contributed by atoms with E-state index in [9.17, 15) is 5.11 Å². The predicted octanol–water partition coefficient (Wildman–Crippen LogP) is 1.17. The van der Waals surface area contributed by atoms with Crippen molar-refractivity contribution >= 4 is 12.1 Å². The van der Waals surface area contributed by atoms with E-state index >= 15 is 0 Å². The Morgan fingerprint density at radius 3 is 2.50 bits per heavy atom. The maximum absolute atomic E-state index is 9.38. The van der Waals surface area contributed by atoms with Crippen molar-refractivity contribution in [2.75, 3.05) is 12.3 Å². The summed E-state index contributed by atoms with van der Waals surface area (Å²) in [6.45, 7) is 4.53. The molecule has 0 radical (unpaired) electrons. The molecule has 0 aromatic heterocycles. The van der Waals surface area contributed by atoms with Crippen LogP contribution >= 0.6 is 0 Å². The van der Waals surface area contributed by atoms with Crippen LogP contribution in [0.1, 0.15) is 18.9 Å². The van der Waals surface area contributed by atoms with Crippen LogP contribution in [0.5, 0.6) is 11.5 Å². The zero-order valence-electron chi connectivity index (χ0n) is 9.56. The third-order valence-corrected chi connectivity index (χ3v) is 1.81. The fraction of sp³-hybridized carbons (Fsp3) is 0.364. The molecule has 0 bridgehead atoms. The number of benzene rings is 1. The van der Waals surface area contributed by atoms with Gasteiger partial charge in [-0.15, -0.1) is 0 Å². The van der Waals surface area contributed by atoms with Crippen molar-refractivity contribution in [3.8, 4) is 11.5 Å². The number of amides is 1. The standard InChI is InChI=1S/C10H15NO2.CH3NO/c1-3-4-13-8-5-7(2)10(11)9(12)6-8;2-1-3/h5-6,12H,3-4,11H2,1-2H3;1H,(H2,2,3). The molecule has 0 atom stereocenters. The van der Waals surface area contributed by atoms with Gasteiger partial charge >= 0.3 is 0 Å². The van der Waals surface area contributed by atoms with E-state index in [1.54, 1.807) is 0 Å². The SMILES string of the molecule is CCCOc1cc(C)c(N)c(O)c1.NC=O. The second-order valence-electron chi connectivity index (χ2n) is 3.16. The van der Waals surface area contributed by atoms with Crippen LogP contribution in [0.25, 0.3) is 0 Å². The molecule has 0 saturated carbocycles. The number of carbonyl (C=O) groups excluding carboxylic acids is 1. The summed E-state index contributed by atoms with van der Waals surface area (Å²) in [5, 5.41) is 9.38. The number of aryl methyl sites for hydroxylation is 1. The predicted molar refractivity (Wildman–Crippen MR) is 63.3 cm³/mol. The Labute approximate surface area is 95.0 Å². The molecular weight excluding hydrogens is 208 g/mol. The van der Waals surface area contributed by atoms with E-state index in [0.717, 1.165) is 12.0 Å². The van der Waals surface area contributed by atoms with Crippen molar-refractivity contribution in [3.05, 3.63) is 17.7 Å². The van der Waals surface area contributed by atoms with E-state index in [1.165, 1.54) is 6.07 Å². The minimum Gasteiger partial charge on any atom is -0.506 e. The van der Waals surface area contributed by atoms with Crippen molar-refractivity contribution in [1.82, 2.24) is 0 Å². The minimum absolute atomic E-state index is 0.0890. The minimum atomic E-state index is 0.0890. The van der Waals surface area contributed by atoms with Crippen LogP contribution in [0.2, 0.25) is 0 Å². The zero-order valence-corrected chi connectivity index (χ0v) is 9.56. The summed E-state index contributed by atoms with van der Waals surface area (Å²) in [7, 11) is 0. The van der Waals surface area contributed by atoms with Gasteiger partial charge in [-0.25, -0.2) is 0 Å². The normalized spacial score (nSPS) is 8.88. The summed E-state index contributed by atoms with van der Waals surface area (Å²) < 4.78 is 5.36. The van der Waals surface area contributed by atoms with Crippen molar-refractivity contribution in [2.45, 2.75) is 20.3 Å². The van der Waals surface area contributed by atoms with E-state index in [2.05, 4.69) is 5.73 Å². The van der Waals surface area contributed by atoms with Gasteiger partial charge in [0.05, 0.1) is 12.3 Å². The summed E-state index contributed by atoms with van der Waals surface area (Å²) in [5.74, 6) is 0.761. The first-order chi connectivity index (χ1) is 7.56. The van der Waals surface area contributed by atoms with Gasteiger partial charge < -0.3 is 21.3 Å². The summed E-state index contributed by atoms with van der Waals surface area (Å²) in [6.07, 6.45) is 1.20. The Hall–Kier alpha value is -1.91. The molecule has 0 fully saturated rings. The lowest BCUT2D eigenvalue weighted by atomic mass is 10.2. The smallest absolute Gasteiger partial charge is 0.204 e. The van der Waals surface area contributed by atoms with E-state index in [-0.39, 0.29) is 12.2 Å². The van der Waals surface area contributed by atoms with E-state index in [0.29, 0.717) is 18.0 Å². The van der Waals surface area contributed by atoms with Gasteiger partial charge in [-0.05, 0) is 25.0 Å². The highest BCUT2D eigenvalue weighted by molar-refractivity contribution is 5.60. The fourth-order valence-electron chi connectivity index (χ4n) is 1.05. The number of aromatic hydroxyl groups is 1. The highest BCUT2D eigenvalue weighted by atomic mass is 16.5. The molecule has 1 aromatic carbocycles. The molecule has 16 heavy (non-hydrogen) atoms. The van der Waals surface area contributed by atoms with Crippen molar-refractivity contribution in [1.29, 1.82) is 0 Å². The average molecular weight is 226 g/mol. The molecule has 5 heteroatoms. The van der Waals surface area contributed by atoms with Gasteiger partial charge in [0.2, 0.25) is 6.41 Å². The molecule has 1 amide bonds. The van der Waals surface area contributed by atoms with Gasteiger partial charge in [-0.2, -0.15) is 0 Å². The lowest BCUT2D eigenvalue weighted by molar-refractivity contribution is -0.106. The average Bonchev–Trinajstić information content (AvgIpc) is 2.24. The molecule has 1 rings (SSSR count).